The molecule has 48 heavy (non-hydrogen) atoms. The molecule has 6 rings (SSSR count). The molecule has 0 unspecified atom stereocenters. The second kappa shape index (κ2) is 12.1. The molecule has 1 aliphatic heterocycles. The van der Waals surface area contributed by atoms with E-state index in [-0.39, 0.29) is 37.3 Å². The minimum Gasteiger partial charge on any atom is -0.456 e. The van der Waals surface area contributed by atoms with Crippen molar-refractivity contribution in [2.75, 3.05) is 26.4 Å². The molecule has 8 nitrogen and oxygen atoms in total. The Morgan fingerprint density at radius 3 is 1.27 bits per heavy atom. The van der Waals surface area contributed by atoms with Gasteiger partial charge in [-0.15, -0.1) is 0 Å². The van der Waals surface area contributed by atoms with Gasteiger partial charge in [-0.2, -0.15) is 0 Å². The van der Waals surface area contributed by atoms with Gasteiger partial charge in [0.1, 0.15) is 33.6 Å². The molecule has 0 N–H and O–H groups in total. The molecule has 0 radical (unpaired) electrons. The topological polar surface area (TPSA) is 89.5 Å². The first-order chi connectivity index (χ1) is 22.5. The van der Waals surface area contributed by atoms with Crippen molar-refractivity contribution >= 4 is 25.8 Å². The zero-order valence-corrected chi connectivity index (χ0v) is 32.1. The largest absolute Gasteiger partial charge is 0.456 e. The molecular weight excluding hydrogens is 646 g/mol. The van der Waals surface area contributed by atoms with Gasteiger partial charge in [0.25, 0.3) is 0 Å². The highest BCUT2D eigenvalue weighted by Crippen LogP contribution is 2.65. The summed E-state index contributed by atoms with van der Waals surface area (Å²) in [5.74, 6) is 2.09. The van der Waals surface area contributed by atoms with Crippen LogP contribution in [0.1, 0.15) is 107 Å². The zero-order chi connectivity index (χ0) is 35.0. The third-order valence-electron chi connectivity index (χ3n) is 10.2. The molecule has 0 fully saturated rings. The van der Waals surface area contributed by atoms with Crippen molar-refractivity contribution in [2.45, 2.75) is 105 Å². The Labute approximate surface area is 285 Å². The first-order valence-electron chi connectivity index (χ1n) is 17.1. The van der Waals surface area contributed by atoms with E-state index in [9.17, 15) is 9.13 Å². The maximum atomic E-state index is 14.6. The summed E-state index contributed by atoms with van der Waals surface area (Å²) in [5.41, 5.74) is 5.94. The van der Waals surface area contributed by atoms with Crippen molar-refractivity contribution in [1.82, 2.24) is 0 Å². The summed E-state index contributed by atoms with van der Waals surface area (Å²) in [6, 6.07) is 10.2. The van der Waals surface area contributed by atoms with Crippen LogP contribution in [0.15, 0.2) is 30.3 Å². The molecule has 1 heterocycles. The lowest BCUT2D eigenvalue weighted by atomic mass is 9.72. The van der Waals surface area contributed by atoms with Crippen LogP contribution in [0.5, 0.6) is 23.0 Å². The van der Waals surface area contributed by atoms with Gasteiger partial charge < -0.3 is 27.6 Å². The third-order valence-corrected chi connectivity index (χ3v) is 14.5. The number of ether oxygens (including phenoxy) is 2. The molecule has 2 aliphatic carbocycles. The number of hydrogen-bond acceptors (Lipinski definition) is 8. The van der Waals surface area contributed by atoms with E-state index in [1.807, 2.05) is 66.7 Å². The summed E-state index contributed by atoms with van der Waals surface area (Å²) >= 11 is 0. The third kappa shape index (κ3) is 5.34. The van der Waals surface area contributed by atoms with E-state index in [4.69, 9.17) is 27.6 Å². The van der Waals surface area contributed by atoms with Gasteiger partial charge in [-0.25, -0.2) is 0 Å². The van der Waals surface area contributed by atoms with Crippen LogP contribution < -0.4 is 20.1 Å². The second-order valence-electron chi connectivity index (χ2n) is 14.6. The fourth-order valence-electron chi connectivity index (χ4n) is 8.64. The molecule has 260 valence electrons. The van der Waals surface area contributed by atoms with Crippen LogP contribution in [-0.4, -0.2) is 26.4 Å². The van der Waals surface area contributed by atoms with E-state index in [0.29, 0.717) is 33.6 Å². The summed E-state index contributed by atoms with van der Waals surface area (Å²) in [6.07, 6.45) is 1.61. The zero-order valence-electron chi connectivity index (χ0n) is 30.3. The molecule has 10 heteroatoms. The first-order valence-corrected chi connectivity index (χ1v) is 20.2. The van der Waals surface area contributed by atoms with Crippen LogP contribution >= 0.6 is 15.2 Å². The van der Waals surface area contributed by atoms with Gasteiger partial charge in [-0.1, -0.05) is 27.7 Å². The van der Waals surface area contributed by atoms with Crippen molar-refractivity contribution in [1.29, 1.82) is 0 Å². The van der Waals surface area contributed by atoms with Crippen molar-refractivity contribution in [3.05, 3.63) is 69.3 Å². The minimum absolute atomic E-state index is 0.224. The number of fused-ring (bicyclic) bond motifs is 4. The van der Waals surface area contributed by atoms with Crippen LogP contribution in [-0.2, 0) is 43.5 Å². The van der Waals surface area contributed by atoms with E-state index in [1.165, 1.54) is 0 Å². The Morgan fingerprint density at radius 2 is 0.938 bits per heavy atom. The van der Waals surface area contributed by atoms with Crippen molar-refractivity contribution in [2.24, 2.45) is 0 Å². The normalized spacial score (nSPS) is 18.1. The van der Waals surface area contributed by atoms with Crippen molar-refractivity contribution in [3.63, 3.8) is 0 Å². The number of rotatable bonds is 10. The fourth-order valence-corrected chi connectivity index (χ4v) is 12.0. The van der Waals surface area contributed by atoms with E-state index in [0.717, 1.165) is 51.8 Å². The van der Waals surface area contributed by atoms with Gasteiger partial charge in [0.05, 0.1) is 26.4 Å². The Kier molecular flexibility index (Phi) is 8.93. The summed E-state index contributed by atoms with van der Waals surface area (Å²) in [6.45, 7) is 23.1. The highest BCUT2D eigenvalue weighted by molar-refractivity contribution is 7.62. The molecule has 0 aromatic heterocycles. The van der Waals surface area contributed by atoms with Gasteiger partial charge in [-0.05, 0) is 136 Å². The smallest absolute Gasteiger partial charge is 0.365 e. The molecule has 3 aromatic rings. The SMILES string of the molecule is CCOP(=O)(OCC)c1cc2c3cc1Oc1c(C)cc(C)c(c1C)Oc1cc4c(cc1P(=O)(OCC)OCC)C(C)(C)CC34CC2(C)C. The molecule has 0 saturated heterocycles. The van der Waals surface area contributed by atoms with Crippen LogP contribution in [0.4, 0.5) is 0 Å². The van der Waals surface area contributed by atoms with Gasteiger partial charge in [-0.3, -0.25) is 9.13 Å². The second-order valence-corrected chi connectivity index (χ2v) is 18.6. The van der Waals surface area contributed by atoms with Gasteiger partial charge in [0.2, 0.25) is 0 Å². The molecule has 3 aliphatic rings. The monoisotopic (exact) mass is 696 g/mol. The molecule has 0 amide bonds. The van der Waals surface area contributed by atoms with Crippen molar-refractivity contribution < 1.29 is 36.7 Å². The van der Waals surface area contributed by atoms with E-state index < -0.39 is 20.6 Å². The number of aryl methyl sites for hydroxylation is 2. The molecule has 3 aromatic carbocycles. The lowest BCUT2D eigenvalue weighted by Crippen LogP contribution is -2.27. The highest BCUT2D eigenvalue weighted by Gasteiger charge is 2.58. The average molecular weight is 697 g/mol. The summed E-state index contributed by atoms with van der Waals surface area (Å²) in [7, 11) is -7.53. The standard InChI is InChI=1S/C38H50O8P2/c1-12-41-47(39,42-13-2)32-19-26-28-17-30(32)45-34-23(5)16-24(6)35(25(34)7)46-31-18-29-27(20-33(31)48(40,43-14-3)44-15-4)37(10,11)22-38(28,29)21-36(26,8)9/h16-20H,12-15,21-22H2,1-11H3. The van der Waals surface area contributed by atoms with Gasteiger partial charge in [0, 0.05) is 11.0 Å². The maximum absolute atomic E-state index is 14.6. The van der Waals surface area contributed by atoms with Crippen molar-refractivity contribution in [3.8, 4) is 23.0 Å². The maximum Gasteiger partial charge on any atom is 0.365 e. The Morgan fingerprint density at radius 1 is 0.583 bits per heavy atom. The Balaban J connectivity index is 1.77. The van der Waals surface area contributed by atoms with E-state index in [2.05, 4.69) is 39.8 Å². The predicted molar refractivity (Wildman–Crippen MR) is 191 cm³/mol. The van der Waals surface area contributed by atoms with E-state index >= 15 is 0 Å². The Hall–Kier alpha value is -2.44. The molecule has 0 saturated carbocycles. The Bertz CT molecular complexity index is 1740. The quantitative estimate of drug-likeness (QED) is 0.194. The number of benzene rings is 3. The first kappa shape index (κ1) is 35.4. The lowest BCUT2D eigenvalue weighted by molar-refractivity contribution is 0.228. The number of hydrogen-bond donors (Lipinski definition) is 0. The van der Waals surface area contributed by atoms with E-state index in [1.54, 1.807) is 0 Å². The minimum atomic E-state index is -3.76. The summed E-state index contributed by atoms with van der Waals surface area (Å²) in [5, 5.41) is 0.855. The van der Waals surface area contributed by atoms with Crippen LogP contribution in [0, 0.1) is 20.8 Å². The highest BCUT2D eigenvalue weighted by atomic mass is 31.2. The van der Waals surface area contributed by atoms with Gasteiger partial charge in [0.15, 0.2) is 0 Å². The van der Waals surface area contributed by atoms with Crippen LogP contribution in [0.25, 0.3) is 0 Å². The molecule has 0 atom stereocenters. The molecular formula is C38H50O8P2. The molecule has 6 bridgehead atoms. The predicted octanol–water partition coefficient (Wildman–Crippen LogP) is 9.94. The van der Waals surface area contributed by atoms with Crippen LogP contribution in [0.3, 0.4) is 0 Å². The average Bonchev–Trinajstić information content (AvgIpc) is 3.35. The van der Waals surface area contributed by atoms with Crippen LogP contribution in [0.2, 0.25) is 0 Å². The summed E-state index contributed by atoms with van der Waals surface area (Å²) < 4.78 is 66.8. The molecule has 1 spiro atoms. The summed E-state index contributed by atoms with van der Waals surface area (Å²) in [4.78, 5) is 0. The van der Waals surface area contributed by atoms with Gasteiger partial charge >= 0.3 is 15.2 Å². The lowest BCUT2D eigenvalue weighted by Gasteiger charge is -2.31. The fraction of sp³-hybridized carbons (Fsp3) is 0.526.